The molecule has 0 atom stereocenters. The van der Waals surface area contributed by atoms with E-state index in [9.17, 15) is 13.2 Å². The number of carbonyl (C=O) groups is 1. The molecule has 3 N–H and O–H groups in total. The van der Waals surface area contributed by atoms with Gasteiger partial charge in [0.25, 0.3) is 5.91 Å². The van der Waals surface area contributed by atoms with Gasteiger partial charge in [0, 0.05) is 56.1 Å². The van der Waals surface area contributed by atoms with E-state index < -0.39 is 10.0 Å². The highest BCUT2D eigenvalue weighted by Gasteiger charge is 2.32. The summed E-state index contributed by atoms with van der Waals surface area (Å²) < 4.78 is 27.5. The molecule has 0 bridgehead atoms. The molecule has 0 radical (unpaired) electrons. The molecule has 1 aliphatic rings. The summed E-state index contributed by atoms with van der Waals surface area (Å²) in [5, 5.41) is 0.570. The SMILES string of the molecule is NCc1ccc(C(=O)N2CCN(S(=O)(=O)c3c[nH]c4ncccc34)CC2)cc1. The lowest BCUT2D eigenvalue weighted by atomic mass is 10.1. The number of carbonyl (C=O) groups excluding carboxylic acids is 1. The molecule has 1 aromatic carbocycles. The molecule has 1 amide bonds. The van der Waals surface area contributed by atoms with Crippen LogP contribution in [0.5, 0.6) is 0 Å². The number of sulfonamides is 1. The van der Waals surface area contributed by atoms with Gasteiger partial charge >= 0.3 is 0 Å². The van der Waals surface area contributed by atoms with E-state index in [1.807, 2.05) is 12.1 Å². The number of rotatable bonds is 4. The summed E-state index contributed by atoms with van der Waals surface area (Å²) in [6, 6.07) is 10.6. The molecule has 146 valence electrons. The fourth-order valence-electron chi connectivity index (χ4n) is 3.38. The van der Waals surface area contributed by atoms with Gasteiger partial charge in [0.05, 0.1) is 0 Å². The summed E-state index contributed by atoms with van der Waals surface area (Å²) in [6.07, 6.45) is 3.09. The highest BCUT2D eigenvalue weighted by Crippen LogP contribution is 2.25. The van der Waals surface area contributed by atoms with Crippen LogP contribution in [0, 0.1) is 0 Å². The van der Waals surface area contributed by atoms with Crippen molar-refractivity contribution in [1.29, 1.82) is 0 Å². The van der Waals surface area contributed by atoms with Gasteiger partial charge in [0.15, 0.2) is 0 Å². The Morgan fingerprint density at radius 1 is 1.11 bits per heavy atom. The van der Waals surface area contributed by atoms with Crippen LogP contribution in [0.3, 0.4) is 0 Å². The third kappa shape index (κ3) is 3.28. The monoisotopic (exact) mass is 399 g/mol. The molecule has 0 saturated carbocycles. The minimum absolute atomic E-state index is 0.100. The number of hydrogen-bond acceptors (Lipinski definition) is 5. The molecule has 4 rings (SSSR count). The van der Waals surface area contributed by atoms with E-state index in [4.69, 9.17) is 5.73 Å². The number of pyridine rings is 1. The van der Waals surface area contributed by atoms with Crippen LogP contribution in [0.1, 0.15) is 15.9 Å². The van der Waals surface area contributed by atoms with Gasteiger partial charge in [0.1, 0.15) is 10.5 Å². The predicted octanol–water partition coefficient (Wildman–Crippen LogP) is 1.17. The van der Waals surface area contributed by atoms with Crippen molar-refractivity contribution in [3.05, 3.63) is 59.9 Å². The van der Waals surface area contributed by atoms with Gasteiger partial charge < -0.3 is 15.6 Å². The van der Waals surface area contributed by atoms with Crippen LogP contribution in [0.25, 0.3) is 11.0 Å². The number of amides is 1. The maximum Gasteiger partial charge on any atom is 0.253 e. The second kappa shape index (κ2) is 7.34. The average molecular weight is 399 g/mol. The highest BCUT2D eigenvalue weighted by molar-refractivity contribution is 7.89. The Morgan fingerprint density at radius 3 is 2.50 bits per heavy atom. The molecule has 3 aromatic rings. The van der Waals surface area contributed by atoms with E-state index in [-0.39, 0.29) is 23.9 Å². The maximum atomic E-state index is 13.0. The second-order valence-electron chi connectivity index (χ2n) is 6.65. The van der Waals surface area contributed by atoms with Crippen molar-refractivity contribution in [2.75, 3.05) is 26.2 Å². The number of hydrogen-bond donors (Lipinski definition) is 2. The number of nitrogens with zero attached hydrogens (tertiary/aromatic N) is 3. The minimum atomic E-state index is -3.66. The standard InChI is InChI=1S/C19H21N5O3S/c20-12-14-3-5-15(6-4-14)19(25)23-8-10-24(11-9-23)28(26,27)17-13-22-18-16(17)2-1-7-21-18/h1-7,13H,8-12,20H2,(H,21,22). The summed E-state index contributed by atoms with van der Waals surface area (Å²) in [4.78, 5) is 21.6. The van der Waals surface area contributed by atoms with E-state index in [0.29, 0.717) is 36.2 Å². The van der Waals surface area contributed by atoms with Crippen LogP contribution in [0.4, 0.5) is 0 Å². The van der Waals surface area contributed by atoms with Gasteiger partial charge in [-0.05, 0) is 29.8 Å². The summed E-state index contributed by atoms with van der Waals surface area (Å²) in [7, 11) is -3.66. The fraction of sp³-hybridized carbons (Fsp3) is 0.263. The molecule has 28 heavy (non-hydrogen) atoms. The van der Waals surface area contributed by atoms with Crippen LogP contribution in [0.15, 0.2) is 53.7 Å². The number of piperazine rings is 1. The summed E-state index contributed by atoms with van der Waals surface area (Å²) in [5.74, 6) is -0.100. The Morgan fingerprint density at radius 2 is 1.82 bits per heavy atom. The van der Waals surface area contributed by atoms with Crippen molar-refractivity contribution >= 4 is 27.0 Å². The molecule has 0 aliphatic carbocycles. The van der Waals surface area contributed by atoms with E-state index in [2.05, 4.69) is 9.97 Å². The number of fused-ring (bicyclic) bond motifs is 1. The van der Waals surface area contributed by atoms with Crippen molar-refractivity contribution in [2.24, 2.45) is 5.73 Å². The van der Waals surface area contributed by atoms with Crippen LogP contribution < -0.4 is 5.73 Å². The Kier molecular flexibility index (Phi) is 4.88. The van der Waals surface area contributed by atoms with Crippen LogP contribution in [0.2, 0.25) is 0 Å². The lowest BCUT2D eigenvalue weighted by Gasteiger charge is -2.34. The average Bonchev–Trinajstić information content (AvgIpc) is 3.18. The zero-order valence-corrected chi connectivity index (χ0v) is 16.0. The Hall–Kier alpha value is -2.75. The molecule has 2 aromatic heterocycles. The molecule has 0 unspecified atom stereocenters. The van der Waals surface area contributed by atoms with Crippen molar-refractivity contribution in [1.82, 2.24) is 19.2 Å². The van der Waals surface area contributed by atoms with E-state index in [1.165, 1.54) is 10.5 Å². The lowest BCUT2D eigenvalue weighted by molar-refractivity contribution is 0.0698. The van der Waals surface area contributed by atoms with Crippen molar-refractivity contribution in [3.8, 4) is 0 Å². The third-order valence-electron chi connectivity index (χ3n) is 4.99. The van der Waals surface area contributed by atoms with Crippen molar-refractivity contribution in [2.45, 2.75) is 11.4 Å². The van der Waals surface area contributed by atoms with Crippen LogP contribution >= 0.6 is 0 Å². The molecular weight excluding hydrogens is 378 g/mol. The first kappa shape index (κ1) is 18.6. The number of benzene rings is 1. The molecule has 8 nitrogen and oxygen atoms in total. The lowest BCUT2D eigenvalue weighted by Crippen LogP contribution is -2.50. The molecular formula is C19H21N5O3S. The molecule has 1 fully saturated rings. The molecule has 9 heteroatoms. The van der Waals surface area contributed by atoms with Gasteiger partial charge in [0.2, 0.25) is 10.0 Å². The largest absolute Gasteiger partial charge is 0.345 e. The van der Waals surface area contributed by atoms with Crippen molar-refractivity contribution in [3.63, 3.8) is 0 Å². The number of aromatic amines is 1. The zero-order valence-electron chi connectivity index (χ0n) is 15.2. The molecule has 0 spiro atoms. The van der Waals surface area contributed by atoms with Crippen LogP contribution in [-0.2, 0) is 16.6 Å². The summed E-state index contributed by atoms with van der Waals surface area (Å²) >= 11 is 0. The topological polar surface area (TPSA) is 112 Å². The number of nitrogens with two attached hydrogens (primary N) is 1. The molecule has 1 saturated heterocycles. The maximum absolute atomic E-state index is 13.0. The van der Waals surface area contributed by atoms with Gasteiger partial charge in [-0.3, -0.25) is 4.79 Å². The van der Waals surface area contributed by atoms with E-state index in [1.54, 1.807) is 35.4 Å². The highest BCUT2D eigenvalue weighted by atomic mass is 32.2. The van der Waals surface area contributed by atoms with E-state index in [0.717, 1.165) is 5.56 Å². The van der Waals surface area contributed by atoms with Gasteiger partial charge in [-0.15, -0.1) is 0 Å². The Bertz CT molecular complexity index is 1100. The quantitative estimate of drug-likeness (QED) is 0.684. The Labute approximate surface area is 163 Å². The fourth-order valence-corrected chi connectivity index (χ4v) is 4.95. The smallest absolute Gasteiger partial charge is 0.253 e. The second-order valence-corrected chi connectivity index (χ2v) is 8.56. The first-order valence-corrected chi connectivity index (χ1v) is 10.5. The zero-order chi connectivity index (χ0) is 19.7. The summed E-state index contributed by atoms with van der Waals surface area (Å²) in [5.41, 5.74) is 7.66. The van der Waals surface area contributed by atoms with Gasteiger partial charge in [-0.2, -0.15) is 4.31 Å². The normalized spacial score (nSPS) is 15.8. The van der Waals surface area contributed by atoms with Crippen molar-refractivity contribution < 1.29 is 13.2 Å². The molecule has 1 aliphatic heterocycles. The predicted molar refractivity (Wildman–Crippen MR) is 105 cm³/mol. The van der Waals surface area contributed by atoms with E-state index >= 15 is 0 Å². The van der Waals surface area contributed by atoms with Gasteiger partial charge in [-0.25, -0.2) is 13.4 Å². The van der Waals surface area contributed by atoms with Crippen LogP contribution in [-0.4, -0.2) is 59.7 Å². The molecule has 3 heterocycles. The van der Waals surface area contributed by atoms with Gasteiger partial charge in [-0.1, -0.05) is 12.1 Å². The first-order valence-electron chi connectivity index (χ1n) is 9.01. The number of H-pyrrole nitrogens is 1. The summed E-state index contributed by atoms with van der Waals surface area (Å²) in [6.45, 7) is 1.62. The number of nitrogens with one attached hydrogen (secondary N) is 1. The minimum Gasteiger partial charge on any atom is -0.345 e. The number of aromatic nitrogens is 2. The Balaban J connectivity index is 1.48. The first-order chi connectivity index (χ1) is 13.5. The third-order valence-corrected chi connectivity index (χ3v) is 6.93.